The minimum Gasteiger partial charge on any atom is -0.370 e. The Morgan fingerprint density at radius 3 is 2.80 bits per heavy atom. The molecule has 0 amide bonds. The van der Waals surface area contributed by atoms with Crippen LogP contribution in [0.25, 0.3) is 0 Å². The second-order valence-electron chi connectivity index (χ2n) is 5.40. The van der Waals surface area contributed by atoms with Crippen LogP contribution in [0.4, 0.5) is 4.39 Å². The van der Waals surface area contributed by atoms with Crippen molar-refractivity contribution in [1.82, 2.24) is 4.90 Å². The molecule has 0 unspecified atom stereocenters. The first-order chi connectivity index (χ1) is 9.74. The molecular formula is C15H20FN3S. The van der Waals surface area contributed by atoms with E-state index in [0.29, 0.717) is 24.0 Å². The molecule has 1 saturated carbocycles. The minimum atomic E-state index is -0.180. The highest BCUT2D eigenvalue weighted by molar-refractivity contribution is 7.99. The number of rotatable bonds is 3. The lowest BCUT2D eigenvalue weighted by atomic mass is 10.1. The lowest BCUT2D eigenvalue weighted by Crippen LogP contribution is -2.42. The molecule has 1 heterocycles. The van der Waals surface area contributed by atoms with Crippen molar-refractivity contribution >= 4 is 17.7 Å². The van der Waals surface area contributed by atoms with Gasteiger partial charge in [-0.15, -0.1) is 0 Å². The molecule has 20 heavy (non-hydrogen) atoms. The molecule has 2 N–H and O–H groups in total. The van der Waals surface area contributed by atoms with Gasteiger partial charge in [0.2, 0.25) is 0 Å². The van der Waals surface area contributed by atoms with Gasteiger partial charge in [0.05, 0.1) is 6.54 Å². The smallest absolute Gasteiger partial charge is 0.191 e. The first kappa shape index (κ1) is 13.7. The maximum Gasteiger partial charge on any atom is 0.191 e. The fourth-order valence-corrected chi connectivity index (χ4v) is 3.35. The number of benzene rings is 1. The zero-order valence-electron chi connectivity index (χ0n) is 11.5. The molecule has 1 saturated heterocycles. The van der Waals surface area contributed by atoms with E-state index in [-0.39, 0.29) is 5.82 Å². The van der Waals surface area contributed by atoms with Gasteiger partial charge in [0, 0.05) is 30.2 Å². The summed E-state index contributed by atoms with van der Waals surface area (Å²) in [7, 11) is 0. The third kappa shape index (κ3) is 3.26. The Balaban J connectivity index is 1.68. The van der Waals surface area contributed by atoms with E-state index in [1.807, 2.05) is 23.9 Å². The van der Waals surface area contributed by atoms with Gasteiger partial charge in [0.1, 0.15) is 5.82 Å². The van der Waals surface area contributed by atoms with Crippen molar-refractivity contribution in [3.05, 3.63) is 35.1 Å². The topological polar surface area (TPSA) is 41.6 Å². The first-order valence-corrected chi connectivity index (χ1v) is 8.30. The van der Waals surface area contributed by atoms with E-state index in [1.54, 1.807) is 6.07 Å². The molecule has 0 atom stereocenters. The van der Waals surface area contributed by atoms with Crippen molar-refractivity contribution in [2.45, 2.75) is 25.3 Å². The summed E-state index contributed by atoms with van der Waals surface area (Å²) in [4.78, 5) is 6.45. The molecular weight excluding hydrogens is 273 g/mol. The fraction of sp³-hybridized carbons (Fsp3) is 0.533. The Labute approximate surface area is 123 Å². The molecule has 3 nitrogen and oxygen atoms in total. The van der Waals surface area contributed by atoms with Crippen LogP contribution in [0.5, 0.6) is 0 Å². The van der Waals surface area contributed by atoms with Crippen LogP contribution in [0, 0.1) is 5.82 Å². The number of hydrogen-bond donors (Lipinski definition) is 1. The standard InChI is InChI=1S/C15H20FN3S/c16-14-4-3-12(11-1-2-11)9-13(14)10-18-15(17)19-5-7-20-8-6-19/h3-4,9,11H,1-2,5-8,10H2,(H2,17,18). The van der Waals surface area contributed by atoms with E-state index in [0.717, 1.165) is 24.6 Å². The van der Waals surface area contributed by atoms with Crippen LogP contribution < -0.4 is 5.73 Å². The first-order valence-electron chi connectivity index (χ1n) is 7.15. The molecule has 108 valence electrons. The van der Waals surface area contributed by atoms with Crippen molar-refractivity contribution in [3.8, 4) is 0 Å². The number of guanidine groups is 1. The van der Waals surface area contributed by atoms with Gasteiger partial charge >= 0.3 is 0 Å². The normalized spacial score (nSPS) is 20.2. The Kier molecular flexibility index (Phi) is 4.15. The molecule has 0 aromatic heterocycles. The second kappa shape index (κ2) is 6.04. The molecule has 0 radical (unpaired) electrons. The van der Waals surface area contributed by atoms with Crippen LogP contribution >= 0.6 is 11.8 Å². The van der Waals surface area contributed by atoms with Crippen LogP contribution in [-0.4, -0.2) is 35.5 Å². The summed E-state index contributed by atoms with van der Waals surface area (Å²) in [6, 6.07) is 5.41. The highest BCUT2D eigenvalue weighted by Crippen LogP contribution is 2.40. The molecule has 3 rings (SSSR count). The molecule has 2 fully saturated rings. The average Bonchev–Trinajstić information content (AvgIpc) is 3.32. The molecule has 0 spiro atoms. The second-order valence-corrected chi connectivity index (χ2v) is 6.62. The highest BCUT2D eigenvalue weighted by Gasteiger charge is 2.24. The zero-order chi connectivity index (χ0) is 13.9. The predicted octanol–water partition coefficient (Wildman–Crippen LogP) is 2.57. The molecule has 5 heteroatoms. The summed E-state index contributed by atoms with van der Waals surface area (Å²) < 4.78 is 13.8. The van der Waals surface area contributed by atoms with Crippen molar-refractivity contribution < 1.29 is 4.39 Å². The third-order valence-corrected chi connectivity index (χ3v) is 4.81. The van der Waals surface area contributed by atoms with Crippen LogP contribution in [0.2, 0.25) is 0 Å². The van der Waals surface area contributed by atoms with E-state index in [1.165, 1.54) is 18.4 Å². The lowest BCUT2D eigenvalue weighted by Gasteiger charge is -2.27. The Morgan fingerprint density at radius 1 is 1.35 bits per heavy atom. The van der Waals surface area contributed by atoms with E-state index in [2.05, 4.69) is 9.89 Å². The summed E-state index contributed by atoms with van der Waals surface area (Å²) in [6.45, 7) is 2.21. The minimum absolute atomic E-state index is 0.180. The Morgan fingerprint density at radius 2 is 2.10 bits per heavy atom. The molecule has 1 aromatic carbocycles. The van der Waals surface area contributed by atoms with Crippen molar-refractivity contribution in [1.29, 1.82) is 0 Å². The Bertz CT molecular complexity index is 508. The summed E-state index contributed by atoms with van der Waals surface area (Å²) in [6.07, 6.45) is 2.45. The van der Waals surface area contributed by atoms with Gasteiger partial charge in [-0.3, -0.25) is 0 Å². The van der Waals surface area contributed by atoms with E-state index >= 15 is 0 Å². The SMILES string of the molecule is NC(=NCc1cc(C2CC2)ccc1F)N1CCSCC1. The van der Waals surface area contributed by atoms with E-state index in [9.17, 15) is 4.39 Å². The summed E-state index contributed by atoms with van der Waals surface area (Å²) in [5.74, 6) is 3.17. The van der Waals surface area contributed by atoms with Gasteiger partial charge in [-0.05, 0) is 30.4 Å². The van der Waals surface area contributed by atoms with E-state index < -0.39 is 0 Å². The number of aliphatic imine (C=N–C) groups is 1. The lowest BCUT2D eigenvalue weighted by molar-refractivity contribution is 0.455. The maximum absolute atomic E-state index is 13.8. The van der Waals surface area contributed by atoms with Crippen LogP contribution in [0.15, 0.2) is 23.2 Å². The number of halogens is 1. The molecule has 1 aliphatic heterocycles. The number of nitrogens with zero attached hydrogens (tertiary/aromatic N) is 2. The zero-order valence-corrected chi connectivity index (χ0v) is 12.3. The van der Waals surface area contributed by atoms with Gasteiger partial charge in [-0.25, -0.2) is 9.38 Å². The van der Waals surface area contributed by atoms with Crippen LogP contribution in [-0.2, 0) is 6.54 Å². The third-order valence-electron chi connectivity index (χ3n) is 3.87. The van der Waals surface area contributed by atoms with Crippen molar-refractivity contribution in [2.24, 2.45) is 10.7 Å². The van der Waals surface area contributed by atoms with Crippen molar-refractivity contribution in [3.63, 3.8) is 0 Å². The summed E-state index contributed by atoms with van der Waals surface area (Å²) in [5.41, 5.74) is 7.90. The highest BCUT2D eigenvalue weighted by atomic mass is 32.2. The fourth-order valence-electron chi connectivity index (χ4n) is 2.45. The van der Waals surface area contributed by atoms with Crippen LogP contribution in [0.3, 0.4) is 0 Å². The number of nitrogens with two attached hydrogens (primary N) is 1. The predicted molar refractivity (Wildman–Crippen MR) is 82.6 cm³/mol. The number of thioether (sulfide) groups is 1. The number of hydrogen-bond acceptors (Lipinski definition) is 2. The molecule has 2 aliphatic rings. The van der Waals surface area contributed by atoms with Crippen molar-refractivity contribution in [2.75, 3.05) is 24.6 Å². The Hall–Kier alpha value is -1.23. The van der Waals surface area contributed by atoms with Crippen LogP contribution in [0.1, 0.15) is 29.9 Å². The summed E-state index contributed by atoms with van der Waals surface area (Å²) in [5, 5.41) is 0. The van der Waals surface area contributed by atoms with Gasteiger partial charge in [-0.2, -0.15) is 11.8 Å². The molecule has 1 aliphatic carbocycles. The quantitative estimate of drug-likeness (QED) is 0.688. The molecule has 0 bridgehead atoms. The van der Waals surface area contributed by atoms with Gasteiger partial charge in [0.25, 0.3) is 0 Å². The van der Waals surface area contributed by atoms with Gasteiger partial charge in [0.15, 0.2) is 5.96 Å². The monoisotopic (exact) mass is 293 g/mol. The molecule has 1 aromatic rings. The van der Waals surface area contributed by atoms with Gasteiger partial charge in [-0.1, -0.05) is 12.1 Å². The largest absolute Gasteiger partial charge is 0.370 e. The summed E-state index contributed by atoms with van der Waals surface area (Å²) >= 11 is 1.93. The van der Waals surface area contributed by atoms with Gasteiger partial charge < -0.3 is 10.6 Å². The average molecular weight is 293 g/mol. The maximum atomic E-state index is 13.8. The van der Waals surface area contributed by atoms with E-state index in [4.69, 9.17) is 5.73 Å².